The Bertz CT molecular complexity index is 377. The van der Waals surface area contributed by atoms with E-state index in [1.54, 1.807) is 0 Å². The van der Waals surface area contributed by atoms with Gasteiger partial charge in [0.25, 0.3) is 0 Å². The summed E-state index contributed by atoms with van der Waals surface area (Å²) < 4.78 is 17.4. The standard InChI is InChI=1S/C18H35N3O3.HI/c1-4-19-18(20-8-12-22-11-7-15(2)3)21-9-13-24-17(14-21)16-6-5-10-23-16;/h15-17H,4-14H2,1-3H3,(H,19,20);1H. The van der Waals surface area contributed by atoms with Crippen molar-refractivity contribution in [2.45, 2.75) is 52.2 Å². The lowest BCUT2D eigenvalue weighted by Crippen LogP contribution is -2.53. The number of nitrogens with zero attached hydrogens (tertiary/aromatic N) is 2. The van der Waals surface area contributed by atoms with Crippen LogP contribution in [0.25, 0.3) is 0 Å². The van der Waals surface area contributed by atoms with Gasteiger partial charge in [0.05, 0.1) is 25.9 Å². The van der Waals surface area contributed by atoms with Crippen LogP contribution in [0.5, 0.6) is 0 Å². The van der Waals surface area contributed by atoms with Crippen LogP contribution < -0.4 is 5.32 Å². The Balaban J connectivity index is 0.00000312. The van der Waals surface area contributed by atoms with Crippen molar-refractivity contribution >= 4 is 29.9 Å². The second-order valence-corrected chi connectivity index (χ2v) is 6.94. The topological polar surface area (TPSA) is 55.3 Å². The number of ether oxygens (including phenoxy) is 3. The fraction of sp³-hybridized carbons (Fsp3) is 0.944. The Morgan fingerprint density at radius 2 is 2.04 bits per heavy atom. The molecule has 0 aromatic carbocycles. The van der Waals surface area contributed by atoms with E-state index >= 15 is 0 Å². The molecule has 148 valence electrons. The zero-order valence-corrected chi connectivity index (χ0v) is 18.4. The summed E-state index contributed by atoms with van der Waals surface area (Å²) in [6, 6.07) is 0. The van der Waals surface area contributed by atoms with Gasteiger partial charge in [-0.2, -0.15) is 0 Å². The first kappa shape index (κ1) is 22.9. The third kappa shape index (κ3) is 8.41. The molecule has 2 aliphatic rings. The van der Waals surface area contributed by atoms with Crippen LogP contribution in [0.2, 0.25) is 0 Å². The van der Waals surface area contributed by atoms with Gasteiger partial charge in [0.1, 0.15) is 6.10 Å². The van der Waals surface area contributed by atoms with Crippen LogP contribution in [0.15, 0.2) is 4.99 Å². The summed E-state index contributed by atoms with van der Waals surface area (Å²) >= 11 is 0. The molecule has 2 fully saturated rings. The highest BCUT2D eigenvalue weighted by Crippen LogP contribution is 2.21. The number of morpholine rings is 1. The molecule has 0 bridgehead atoms. The fourth-order valence-electron chi connectivity index (χ4n) is 3.05. The lowest BCUT2D eigenvalue weighted by molar-refractivity contribution is -0.0817. The van der Waals surface area contributed by atoms with Crippen LogP contribution in [0.1, 0.15) is 40.0 Å². The summed E-state index contributed by atoms with van der Waals surface area (Å²) in [7, 11) is 0. The molecule has 0 aromatic heterocycles. The van der Waals surface area contributed by atoms with Crippen LogP contribution in [0, 0.1) is 5.92 Å². The highest BCUT2D eigenvalue weighted by molar-refractivity contribution is 14.0. The molecule has 2 unspecified atom stereocenters. The molecule has 1 N–H and O–H groups in total. The van der Waals surface area contributed by atoms with Gasteiger partial charge in [0.2, 0.25) is 0 Å². The van der Waals surface area contributed by atoms with Crippen molar-refractivity contribution in [3.63, 3.8) is 0 Å². The molecule has 7 heteroatoms. The predicted octanol–water partition coefficient (Wildman–Crippen LogP) is 2.51. The Hall–Kier alpha value is -0.120. The van der Waals surface area contributed by atoms with Gasteiger partial charge in [0, 0.05) is 32.8 Å². The first-order valence-corrected chi connectivity index (χ1v) is 9.55. The Kier molecular flexibility index (Phi) is 12.0. The number of aliphatic imine (C=N–C) groups is 1. The summed E-state index contributed by atoms with van der Waals surface area (Å²) in [4.78, 5) is 7.02. The highest BCUT2D eigenvalue weighted by atomic mass is 127. The zero-order valence-electron chi connectivity index (χ0n) is 16.0. The second kappa shape index (κ2) is 13.1. The maximum absolute atomic E-state index is 5.93. The Labute approximate surface area is 170 Å². The molecular weight excluding hydrogens is 433 g/mol. The number of hydrogen-bond acceptors (Lipinski definition) is 4. The Morgan fingerprint density at radius 1 is 1.24 bits per heavy atom. The molecule has 0 aromatic rings. The average molecular weight is 469 g/mol. The minimum atomic E-state index is 0. The van der Waals surface area contributed by atoms with Gasteiger partial charge in [-0.15, -0.1) is 24.0 Å². The highest BCUT2D eigenvalue weighted by Gasteiger charge is 2.32. The molecule has 0 radical (unpaired) electrons. The predicted molar refractivity (Wildman–Crippen MR) is 112 cm³/mol. The quantitative estimate of drug-likeness (QED) is 0.256. The molecule has 2 aliphatic heterocycles. The first-order chi connectivity index (χ1) is 11.7. The lowest BCUT2D eigenvalue weighted by Gasteiger charge is -2.37. The number of hydrogen-bond donors (Lipinski definition) is 1. The fourth-order valence-corrected chi connectivity index (χ4v) is 3.05. The summed E-state index contributed by atoms with van der Waals surface area (Å²) in [5, 5.41) is 3.40. The van der Waals surface area contributed by atoms with E-state index in [1.807, 2.05) is 0 Å². The molecule has 25 heavy (non-hydrogen) atoms. The van der Waals surface area contributed by atoms with E-state index in [4.69, 9.17) is 19.2 Å². The zero-order chi connectivity index (χ0) is 17.2. The van der Waals surface area contributed by atoms with Crippen molar-refractivity contribution in [3.05, 3.63) is 0 Å². The third-order valence-corrected chi connectivity index (χ3v) is 4.44. The van der Waals surface area contributed by atoms with E-state index in [-0.39, 0.29) is 36.2 Å². The number of guanidine groups is 1. The minimum absolute atomic E-state index is 0. The average Bonchev–Trinajstić information content (AvgIpc) is 3.11. The molecule has 0 spiro atoms. The molecular formula is C18H36IN3O3. The van der Waals surface area contributed by atoms with Gasteiger partial charge < -0.3 is 24.4 Å². The number of rotatable bonds is 8. The minimum Gasteiger partial charge on any atom is -0.380 e. The van der Waals surface area contributed by atoms with Crippen LogP contribution in [0.4, 0.5) is 0 Å². The smallest absolute Gasteiger partial charge is 0.194 e. The SMILES string of the molecule is CCNC(=NCCOCCC(C)C)N1CCOC(C2CCCO2)C1.I. The molecule has 6 nitrogen and oxygen atoms in total. The van der Waals surface area contributed by atoms with Crippen LogP contribution in [0.3, 0.4) is 0 Å². The van der Waals surface area contributed by atoms with Crippen molar-refractivity contribution in [1.29, 1.82) is 0 Å². The van der Waals surface area contributed by atoms with Gasteiger partial charge in [-0.3, -0.25) is 4.99 Å². The van der Waals surface area contributed by atoms with Gasteiger partial charge in [-0.05, 0) is 32.1 Å². The van der Waals surface area contributed by atoms with E-state index in [9.17, 15) is 0 Å². The summed E-state index contributed by atoms with van der Waals surface area (Å²) in [5.41, 5.74) is 0. The molecule has 0 amide bonds. The van der Waals surface area contributed by atoms with Crippen molar-refractivity contribution in [1.82, 2.24) is 10.2 Å². The molecule has 0 aliphatic carbocycles. The number of nitrogens with one attached hydrogen (secondary N) is 1. The van der Waals surface area contributed by atoms with E-state index in [0.29, 0.717) is 19.1 Å². The van der Waals surface area contributed by atoms with Gasteiger partial charge in [-0.1, -0.05) is 13.8 Å². The van der Waals surface area contributed by atoms with E-state index < -0.39 is 0 Å². The van der Waals surface area contributed by atoms with Gasteiger partial charge >= 0.3 is 0 Å². The van der Waals surface area contributed by atoms with Crippen molar-refractivity contribution < 1.29 is 14.2 Å². The molecule has 2 atom stereocenters. The molecule has 2 rings (SSSR count). The van der Waals surface area contributed by atoms with Crippen molar-refractivity contribution in [3.8, 4) is 0 Å². The van der Waals surface area contributed by atoms with Crippen molar-refractivity contribution in [2.24, 2.45) is 10.9 Å². The third-order valence-electron chi connectivity index (χ3n) is 4.44. The summed E-state index contributed by atoms with van der Waals surface area (Å²) in [6.45, 7) is 12.9. The summed E-state index contributed by atoms with van der Waals surface area (Å²) in [5.74, 6) is 1.66. The summed E-state index contributed by atoms with van der Waals surface area (Å²) in [6.07, 6.45) is 3.76. The monoisotopic (exact) mass is 469 g/mol. The van der Waals surface area contributed by atoms with Crippen LogP contribution >= 0.6 is 24.0 Å². The molecule has 2 heterocycles. The van der Waals surface area contributed by atoms with Crippen LogP contribution in [-0.4, -0.2) is 75.7 Å². The van der Waals surface area contributed by atoms with Gasteiger partial charge in [0.15, 0.2) is 5.96 Å². The maximum Gasteiger partial charge on any atom is 0.194 e. The van der Waals surface area contributed by atoms with E-state index in [0.717, 1.165) is 64.7 Å². The first-order valence-electron chi connectivity index (χ1n) is 9.55. The normalized spacial score (nSPS) is 24.5. The molecule has 0 saturated carbocycles. The van der Waals surface area contributed by atoms with E-state index in [2.05, 4.69) is 31.0 Å². The Morgan fingerprint density at radius 3 is 2.72 bits per heavy atom. The lowest BCUT2D eigenvalue weighted by atomic mass is 10.1. The van der Waals surface area contributed by atoms with Gasteiger partial charge in [-0.25, -0.2) is 0 Å². The number of halogens is 1. The molecule has 2 saturated heterocycles. The maximum atomic E-state index is 5.93. The van der Waals surface area contributed by atoms with Crippen molar-refractivity contribution in [2.75, 3.05) is 52.6 Å². The van der Waals surface area contributed by atoms with Crippen LogP contribution in [-0.2, 0) is 14.2 Å². The second-order valence-electron chi connectivity index (χ2n) is 6.94. The van der Waals surface area contributed by atoms with E-state index in [1.165, 1.54) is 0 Å². The largest absolute Gasteiger partial charge is 0.380 e.